The second-order valence-corrected chi connectivity index (χ2v) is 5.80. The van der Waals surface area contributed by atoms with Gasteiger partial charge in [-0.25, -0.2) is 4.98 Å². The first-order chi connectivity index (χ1) is 9.09. The summed E-state index contributed by atoms with van der Waals surface area (Å²) in [6.45, 7) is 0.531. The van der Waals surface area contributed by atoms with Gasteiger partial charge >= 0.3 is 0 Å². The van der Waals surface area contributed by atoms with Crippen molar-refractivity contribution >= 4 is 37.8 Å². The van der Waals surface area contributed by atoms with Crippen molar-refractivity contribution in [3.63, 3.8) is 0 Å². The zero-order valence-electron chi connectivity index (χ0n) is 10.3. The monoisotopic (exact) mass is 382 g/mol. The Morgan fingerprint density at radius 3 is 2.53 bits per heavy atom. The van der Waals surface area contributed by atoms with Crippen molar-refractivity contribution in [3.05, 3.63) is 62.8 Å². The van der Waals surface area contributed by atoms with Crippen LogP contribution in [0.2, 0.25) is 0 Å². The first-order valence-electron chi connectivity index (χ1n) is 5.69. The molecule has 0 aliphatic carbocycles. The summed E-state index contributed by atoms with van der Waals surface area (Å²) in [5, 5.41) is 0. The average Bonchev–Trinajstić information content (AvgIpc) is 2.41. The van der Waals surface area contributed by atoms with Gasteiger partial charge in [0.15, 0.2) is 0 Å². The van der Waals surface area contributed by atoms with Crippen LogP contribution < -0.4 is 0 Å². The first-order valence-corrected chi connectivity index (χ1v) is 7.27. The molecule has 98 valence electrons. The van der Waals surface area contributed by atoms with Crippen molar-refractivity contribution in [2.45, 2.75) is 6.54 Å². The summed E-state index contributed by atoms with van der Waals surface area (Å²) in [4.78, 5) is 18.1. The third kappa shape index (κ3) is 3.42. The molecule has 0 bridgehead atoms. The third-order valence-corrected chi connectivity index (χ3v) is 4.09. The summed E-state index contributed by atoms with van der Waals surface area (Å²) in [5.41, 5.74) is 1.49. The van der Waals surface area contributed by atoms with Crippen LogP contribution in [0.5, 0.6) is 0 Å². The number of hydrogen-bond donors (Lipinski definition) is 0. The minimum absolute atomic E-state index is 0.108. The van der Waals surface area contributed by atoms with E-state index in [0.717, 1.165) is 10.0 Å². The Hall–Kier alpha value is -1.20. The minimum atomic E-state index is -0.108. The van der Waals surface area contributed by atoms with Gasteiger partial charge in [-0.2, -0.15) is 0 Å². The standard InChI is InChI=1S/C14H12Br2N2O/c1-18(9-10-5-2-3-6-11(10)15)14(19)13-12(16)7-4-8-17-13/h2-8H,9H2,1H3. The van der Waals surface area contributed by atoms with E-state index in [-0.39, 0.29) is 5.91 Å². The second-order valence-electron chi connectivity index (χ2n) is 4.09. The molecule has 3 nitrogen and oxygen atoms in total. The van der Waals surface area contributed by atoms with Crippen LogP contribution >= 0.6 is 31.9 Å². The van der Waals surface area contributed by atoms with Crippen LogP contribution in [-0.4, -0.2) is 22.8 Å². The fourth-order valence-electron chi connectivity index (χ4n) is 1.68. The SMILES string of the molecule is CN(Cc1ccccc1Br)C(=O)c1ncccc1Br. The number of amides is 1. The average molecular weight is 384 g/mol. The fraction of sp³-hybridized carbons (Fsp3) is 0.143. The van der Waals surface area contributed by atoms with E-state index in [1.54, 1.807) is 24.2 Å². The number of carbonyl (C=O) groups excluding carboxylic acids is 1. The predicted octanol–water partition coefficient (Wildman–Crippen LogP) is 3.88. The highest BCUT2D eigenvalue weighted by Crippen LogP contribution is 2.19. The van der Waals surface area contributed by atoms with E-state index in [4.69, 9.17) is 0 Å². The molecule has 0 radical (unpaired) electrons. The summed E-state index contributed by atoms with van der Waals surface area (Å²) < 4.78 is 1.70. The maximum atomic E-state index is 12.3. The van der Waals surface area contributed by atoms with Crippen molar-refractivity contribution in [3.8, 4) is 0 Å². The van der Waals surface area contributed by atoms with Crippen LogP contribution in [-0.2, 0) is 6.54 Å². The lowest BCUT2D eigenvalue weighted by atomic mass is 10.2. The number of halogens is 2. The van der Waals surface area contributed by atoms with Gasteiger partial charge < -0.3 is 4.90 Å². The van der Waals surface area contributed by atoms with E-state index in [2.05, 4.69) is 36.8 Å². The van der Waals surface area contributed by atoms with Crippen LogP contribution in [0, 0.1) is 0 Å². The number of rotatable bonds is 3. The van der Waals surface area contributed by atoms with E-state index in [9.17, 15) is 4.79 Å². The molecule has 2 aromatic rings. The van der Waals surface area contributed by atoms with Gasteiger partial charge in [0.2, 0.25) is 0 Å². The summed E-state index contributed by atoms with van der Waals surface area (Å²) in [5.74, 6) is -0.108. The molecule has 0 aliphatic rings. The molecule has 0 aliphatic heterocycles. The number of aromatic nitrogens is 1. The van der Waals surface area contributed by atoms with Gasteiger partial charge in [0.25, 0.3) is 5.91 Å². The largest absolute Gasteiger partial charge is 0.336 e. The predicted molar refractivity (Wildman–Crippen MR) is 81.9 cm³/mol. The summed E-state index contributed by atoms with van der Waals surface area (Å²) in [7, 11) is 1.77. The van der Waals surface area contributed by atoms with E-state index in [1.165, 1.54) is 0 Å². The molecule has 1 aromatic heterocycles. The zero-order chi connectivity index (χ0) is 13.8. The Bertz CT molecular complexity index is 602. The van der Waals surface area contributed by atoms with Gasteiger partial charge in [-0.3, -0.25) is 4.79 Å². The van der Waals surface area contributed by atoms with Gasteiger partial charge in [0.05, 0.1) is 0 Å². The van der Waals surface area contributed by atoms with Crippen molar-refractivity contribution in [1.82, 2.24) is 9.88 Å². The van der Waals surface area contributed by atoms with E-state index in [1.807, 2.05) is 30.3 Å². The highest BCUT2D eigenvalue weighted by Gasteiger charge is 2.16. The van der Waals surface area contributed by atoms with E-state index >= 15 is 0 Å². The number of pyridine rings is 1. The molecule has 5 heteroatoms. The molecule has 0 atom stereocenters. The zero-order valence-corrected chi connectivity index (χ0v) is 13.5. The van der Waals surface area contributed by atoms with Gasteiger partial charge in [0, 0.05) is 28.7 Å². The lowest BCUT2D eigenvalue weighted by Gasteiger charge is -2.18. The quantitative estimate of drug-likeness (QED) is 0.805. The molecule has 2 rings (SSSR count). The topological polar surface area (TPSA) is 33.2 Å². The Balaban J connectivity index is 2.17. The highest BCUT2D eigenvalue weighted by atomic mass is 79.9. The smallest absolute Gasteiger partial charge is 0.273 e. The number of hydrogen-bond acceptors (Lipinski definition) is 2. The molecule has 0 spiro atoms. The molecule has 1 aromatic carbocycles. The molecular weight excluding hydrogens is 372 g/mol. The van der Waals surface area contributed by atoms with Crippen LogP contribution in [0.1, 0.15) is 16.1 Å². The molecule has 0 unspecified atom stereocenters. The van der Waals surface area contributed by atoms with Crippen molar-refractivity contribution in [1.29, 1.82) is 0 Å². The number of nitrogens with zero attached hydrogens (tertiary/aromatic N) is 2. The lowest BCUT2D eigenvalue weighted by Crippen LogP contribution is -2.27. The molecular formula is C14H12Br2N2O. The Morgan fingerprint density at radius 1 is 1.16 bits per heavy atom. The van der Waals surface area contributed by atoms with Crippen molar-refractivity contribution in [2.75, 3.05) is 7.05 Å². The van der Waals surface area contributed by atoms with E-state index in [0.29, 0.717) is 16.7 Å². The van der Waals surface area contributed by atoms with Crippen LogP contribution in [0.15, 0.2) is 51.5 Å². The molecule has 0 fully saturated rings. The van der Waals surface area contributed by atoms with Crippen LogP contribution in [0.3, 0.4) is 0 Å². The molecule has 19 heavy (non-hydrogen) atoms. The second kappa shape index (κ2) is 6.30. The summed E-state index contributed by atoms with van der Waals surface area (Å²) >= 11 is 6.83. The minimum Gasteiger partial charge on any atom is -0.336 e. The molecule has 0 saturated carbocycles. The third-order valence-electron chi connectivity index (χ3n) is 2.67. The van der Waals surface area contributed by atoms with E-state index < -0.39 is 0 Å². The Morgan fingerprint density at radius 2 is 1.84 bits per heavy atom. The van der Waals surface area contributed by atoms with Gasteiger partial charge in [-0.1, -0.05) is 34.1 Å². The first kappa shape index (κ1) is 14.2. The lowest BCUT2D eigenvalue weighted by molar-refractivity contribution is 0.0778. The van der Waals surface area contributed by atoms with Crippen LogP contribution in [0.4, 0.5) is 0 Å². The summed E-state index contributed by atoms with van der Waals surface area (Å²) in [6.07, 6.45) is 1.62. The van der Waals surface area contributed by atoms with Crippen molar-refractivity contribution in [2.24, 2.45) is 0 Å². The van der Waals surface area contributed by atoms with Gasteiger partial charge in [-0.05, 0) is 39.7 Å². The molecule has 0 N–H and O–H groups in total. The number of carbonyl (C=O) groups is 1. The van der Waals surface area contributed by atoms with Crippen LogP contribution in [0.25, 0.3) is 0 Å². The molecule has 1 amide bonds. The fourth-order valence-corrected chi connectivity index (χ4v) is 2.51. The maximum Gasteiger partial charge on any atom is 0.273 e. The normalized spacial score (nSPS) is 10.3. The Kier molecular flexibility index (Phi) is 4.71. The highest BCUT2D eigenvalue weighted by molar-refractivity contribution is 9.10. The summed E-state index contributed by atoms with van der Waals surface area (Å²) in [6, 6.07) is 11.5. The number of benzene rings is 1. The molecule has 0 saturated heterocycles. The van der Waals surface area contributed by atoms with Gasteiger partial charge in [0.1, 0.15) is 5.69 Å². The van der Waals surface area contributed by atoms with Gasteiger partial charge in [-0.15, -0.1) is 0 Å². The Labute approximate surface area is 128 Å². The maximum absolute atomic E-state index is 12.3. The van der Waals surface area contributed by atoms with Crippen molar-refractivity contribution < 1.29 is 4.79 Å². The molecule has 1 heterocycles.